The third-order valence-electron chi connectivity index (χ3n) is 4.09. The fourth-order valence-electron chi connectivity index (χ4n) is 2.64. The molecule has 1 fully saturated rings. The molecule has 0 bridgehead atoms. The summed E-state index contributed by atoms with van der Waals surface area (Å²) in [4.78, 5) is 13.9. The number of carbonyl (C=O) groups excluding carboxylic acids is 1. The summed E-state index contributed by atoms with van der Waals surface area (Å²) >= 11 is 0. The minimum Gasteiger partial charge on any atom is -0.383 e. The molecule has 0 aromatic rings. The molecule has 0 radical (unpaired) electrons. The lowest BCUT2D eigenvalue weighted by atomic mass is 9.84. The fourth-order valence-corrected chi connectivity index (χ4v) is 2.64. The van der Waals surface area contributed by atoms with Gasteiger partial charge in [-0.2, -0.15) is 0 Å². The summed E-state index contributed by atoms with van der Waals surface area (Å²) in [6, 6.07) is 0.449. The van der Waals surface area contributed by atoms with Gasteiger partial charge in [0.15, 0.2) is 0 Å². The van der Waals surface area contributed by atoms with Crippen molar-refractivity contribution in [3.05, 3.63) is 0 Å². The maximum Gasteiger partial charge on any atom is 0.236 e. The molecule has 0 aromatic heterocycles. The first kappa shape index (κ1) is 18.7. The van der Waals surface area contributed by atoms with Gasteiger partial charge in [-0.25, -0.2) is 0 Å². The molecule has 1 saturated carbocycles. The summed E-state index contributed by atoms with van der Waals surface area (Å²) in [5.41, 5.74) is 0. The SMILES string of the molecule is CCC1CCC(N(C)C(=O)CNCCOC)CC1.Cl. The predicted octanol–water partition coefficient (Wildman–Crippen LogP) is 2.07. The maximum absolute atomic E-state index is 12.0. The van der Waals surface area contributed by atoms with Gasteiger partial charge in [-0.05, 0) is 31.6 Å². The number of hydrogen-bond donors (Lipinski definition) is 1. The Labute approximate surface area is 123 Å². The van der Waals surface area contributed by atoms with Gasteiger partial charge in [0, 0.05) is 26.7 Å². The van der Waals surface area contributed by atoms with Crippen LogP contribution in [0.2, 0.25) is 0 Å². The molecular formula is C14H29ClN2O2. The van der Waals surface area contributed by atoms with Crippen molar-refractivity contribution < 1.29 is 9.53 Å². The normalized spacial score (nSPS) is 22.7. The number of carbonyl (C=O) groups is 1. The molecule has 1 amide bonds. The van der Waals surface area contributed by atoms with E-state index in [1.807, 2.05) is 11.9 Å². The van der Waals surface area contributed by atoms with Gasteiger partial charge < -0.3 is 15.0 Å². The predicted molar refractivity (Wildman–Crippen MR) is 80.8 cm³/mol. The van der Waals surface area contributed by atoms with E-state index in [0.29, 0.717) is 19.2 Å². The van der Waals surface area contributed by atoms with E-state index < -0.39 is 0 Å². The third kappa shape index (κ3) is 6.59. The van der Waals surface area contributed by atoms with E-state index in [2.05, 4.69) is 12.2 Å². The standard InChI is InChI=1S/C14H28N2O2.ClH/c1-4-12-5-7-13(8-6-12)16(2)14(17)11-15-9-10-18-3;/h12-13,15H,4-11H2,1-3H3;1H. The summed E-state index contributed by atoms with van der Waals surface area (Å²) in [5, 5.41) is 3.11. The molecule has 0 aliphatic heterocycles. The van der Waals surface area contributed by atoms with Crippen molar-refractivity contribution in [2.45, 2.75) is 45.1 Å². The molecule has 1 N–H and O–H groups in total. The Hall–Kier alpha value is -0.320. The third-order valence-corrected chi connectivity index (χ3v) is 4.09. The van der Waals surface area contributed by atoms with Crippen LogP contribution in [0, 0.1) is 5.92 Å². The van der Waals surface area contributed by atoms with E-state index in [1.165, 1.54) is 32.1 Å². The lowest BCUT2D eigenvalue weighted by Gasteiger charge is -2.34. The smallest absolute Gasteiger partial charge is 0.236 e. The van der Waals surface area contributed by atoms with Crippen LogP contribution < -0.4 is 5.32 Å². The van der Waals surface area contributed by atoms with Crippen molar-refractivity contribution in [1.29, 1.82) is 0 Å². The van der Waals surface area contributed by atoms with Crippen molar-refractivity contribution in [2.75, 3.05) is 33.9 Å². The summed E-state index contributed by atoms with van der Waals surface area (Å²) in [5.74, 6) is 1.08. The summed E-state index contributed by atoms with van der Waals surface area (Å²) < 4.78 is 4.94. The fraction of sp³-hybridized carbons (Fsp3) is 0.929. The Bertz CT molecular complexity index is 244. The molecule has 0 saturated heterocycles. The average molecular weight is 293 g/mol. The molecule has 1 aliphatic rings. The lowest BCUT2D eigenvalue weighted by Crippen LogP contribution is -2.44. The molecule has 0 atom stereocenters. The van der Waals surface area contributed by atoms with Gasteiger partial charge in [0.05, 0.1) is 13.2 Å². The maximum atomic E-state index is 12.0. The van der Waals surface area contributed by atoms with Crippen LogP contribution in [0.1, 0.15) is 39.0 Å². The van der Waals surface area contributed by atoms with Crippen molar-refractivity contribution in [3.8, 4) is 0 Å². The second-order valence-corrected chi connectivity index (χ2v) is 5.26. The van der Waals surface area contributed by atoms with Gasteiger partial charge in [0.2, 0.25) is 5.91 Å². The molecule has 114 valence electrons. The number of hydrogen-bond acceptors (Lipinski definition) is 3. The van der Waals surface area contributed by atoms with Gasteiger partial charge >= 0.3 is 0 Å². The van der Waals surface area contributed by atoms with Crippen molar-refractivity contribution in [1.82, 2.24) is 10.2 Å². The van der Waals surface area contributed by atoms with Crippen LogP contribution in [0.3, 0.4) is 0 Å². The monoisotopic (exact) mass is 292 g/mol. The van der Waals surface area contributed by atoms with Gasteiger partial charge in [0.1, 0.15) is 0 Å². The topological polar surface area (TPSA) is 41.6 Å². The highest BCUT2D eigenvalue weighted by Crippen LogP contribution is 2.28. The van der Waals surface area contributed by atoms with Crippen LogP contribution in [-0.2, 0) is 9.53 Å². The minimum absolute atomic E-state index is 0. The van der Waals surface area contributed by atoms with Crippen LogP contribution in [0.5, 0.6) is 0 Å². The molecule has 1 rings (SSSR count). The largest absolute Gasteiger partial charge is 0.383 e. The van der Waals surface area contributed by atoms with Crippen LogP contribution >= 0.6 is 12.4 Å². The first-order valence-electron chi connectivity index (χ1n) is 7.14. The van der Waals surface area contributed by atoms with Crippen molar-refractivity contribution in [3.63, 3.8) is 0 Å². The first-order valence-corrected chi connectivity index (χ1v) is 7.14. The highest BCUT2D eigenvalue weighted by atomic mass is 35.5. The highest BCUT2D eigenvalue weighted by Gasteiger charge is 2.25. The Kier molecular flexibility index (Phi) is 10.3. The second-order valence-electron chi connectivity index (χ2n) is 5.26. The molecule has 19 heavy (non-hydrogen) atoms. The van der Waals surface area contributed by atoms with E-state index >= 15 is 0 Å². The Balaban J connectivity index is 0.00000324. The number of halogens is 1. The van der Waals surface area contributed by atoms with Crippen LogP contribution in [0.15, 0.2) is 0 Å². The Morgan fingerprint density at radius 3 is 2.47 bits per heavy atom. The van der Waals surface area contributed by atoms with Crippen LogP contribution in [-0.4, -0.2) is 50.7 Å². The van der Waals surface area contributed by atoms with E-state index in [9.17, 15) is 4.79 Å². The molecule has 4 nitrogen and oxygen atoms in total. The summed E-state index contributed by atoms with van der Waals surface area (Å²) in [7, 11) is 3.61. The number of nitrogens with one attached hydrogen (secondary N) is 1. The number of amides is 1. The molecule has 5 heteroatoms. The lowest BCUT2D eigenvalue weighted by molar-refractivity contribution is -0.131. The number of methoxy groups -OCH3 is 1. The molecular weight excluding hydrogens is 264 g/mol. The molecule has 0 spiro atoms. The average Bonchev–Trinajstić information content (AvgIpc) is 2.42. The molecule has 0 heterocycles. The van der Waals surface area contributed by atoms with E-state index in [4.69, 9.17) is 4.74 Å². The number of nitrogens with zero attached hydrogens (tertiary/aromatic N) is 1. The number of likely N-dealkylation sites (N-methyl/N-ethyl adjacent to an activating group) is 1. The Morgan fingerprint density at radius 1 is 1.32 bits per heavy atom. The van der Waals surface area contributed by atoms with Crippen molar-refractivity contribution >= 4 is 18.3 Å². The van der Waals surface area contributed by atoms with Gasteiger partial charge in [-0.3, -0.25) is 4.79 Å². The van der Waals surface area contributed by atoms with Crippen molar-refractivity contribution in [2.24, 2.45) is 5.92 Å². The summed E-state index contributed by atoms with van der Waals surface area (Å²) in [6.07, 6.45) is 6.16. The van der Waals surface area contributed by atoms with Gasteiger partial charge in [-0.15, -0.1) is 12.4 Å². The first-order chi connectivity index (χ1) is 8.69. The zero-order valence-electron chi connectivity index (χ0n) is 12.5. The van der Waals surface area contributed by atoms with Crippen LogP contribution in [0.25, 0.3) is 0 Å². The quantitative estimate of drug-likeness (QED) is 0.731. The molecule has 1 aliphatic carbocycles. The van der Waals surface area contributed by atoms with Gasteiger partial charge in [0.25, 0.3) is 0 Å². The minimum atomic E-state index is 0. The zero-order valence-corrected chi connectivity index (χ0v) is 13.3. The molecule has 0 aromatic carbocycles. The number of ether oxygens (including phenoxy) is 1. The van der Waals surface area contributed by atoms with Gasteiger partial charge in [-0.1, -0.05) is 13.3 Å². The van der Waals surface area contributed by atoms with E-state index in [1.54, 1.807) is 7.11 Å². The number of rotatable bonds is 7. The second kappa shape index (κ2) is 10.5. The highest BCUT2D eigenvalue weighted by molar-refractivity contribution is 5.85. The summed E-state index contributed by atoms with van der Waals surface area (Å²) in [6.45, 7) is 4.07. The zero-order chi connectivity index (χ0) is 13.4. The molecule has 0 unspecified atom stereocenters. The van der Waals surface area contributed by atoms with Crippen LogP contribution in [0.4, 0.5) is 0 Å². The van der Waals surface area contributed by atoms with E-state index in [0.717, 1.165) is 12.5 Å². The van der Waals surface area contributed by atoms with E-state index in [-0.39, 0.29) is 18.3 Å². The Morgan fingerprint density at radius 2 is 1.95 bits per heavy atom.